The van der Waals surface area contributed by atoms with Crippen molar-refractivity contribution in [1.82, 2.24) is 25.4 Å². The Hall–Kier alpha value is -2.35. The lowest BCUT2D eigenvalue weighted by molar-refractivity contribution is -0.117. The molecule has 2 rings (SSSR count). The lowest BCUT2D eigenvalue weighted by atomic mass is 10.1. The Morgan fingerprint density at radius 1 is 1.20 bits per heavy atom. The summed E-state index contributed by atoms with van der Waals surface area (Å²) in [4.78, 5) is 23.6. The zero-order valence-corrected chi connectivity index (χ0v) is 15.9. The average molecular weight is 361 g/mol. The minimum absolute atomic E-state index is 0.0807. The van der Waals surface area contributed by atoms with Crippen molar-refractivity contribution in [2.45, 2.75) is 38.4 Å². The third-order valence-corrected chi connectivity index (χ3v) is 4.31. The first-order valence-corrected chi connectivity index (χ1v) is 8.86. The summed E-state index contributed by atoms with van der Waals surface area (Å²) in [5.74, 6) is 0.441. The third-order valence-electron chi connectivity index (χ3n) is 3.29. The summed E-state index contributed by atoms with van der Waals surface area (Å²) in [5.41, 5.74) is 1.70. The summed E-state index contributed by atoms with van der Waals surface area (Å²) < 4.78 is 1.84. The second kappa shape index (κ2) is 7.69. The molecular weight excluding hydrogens is 338 g/mol. The van der Waals surface area contributed by atoms with E-state index in [1.807, 2.05) is 63.6 Å². The van der Waals surface area contributed by atoms with Gasteiger partial charge in [0, 0.05) is 18.2 Å². The van der Waals surface area contributed by atoms with Gasteiger partial charge in [-0.1, -0.05) is 36.0 Å². The lowest BCUT2D eigenvalue weighted by Gasteiger charge is -2.20. The molecule has 0 bridgehead atoms. The molecule has 0 saturated heterocycles. The van der Waals surface area contributed by atoms with E-state index in [2.05, 4.69) is 20.8 Å². The molecule has 134 valence electrons. The number of aryl methyl sites for hydroxylation is 1. The predicted molar refractivity (Wildman–Crippen MR) is 98.3 cm³/mol. The second-order valence-electron chi connectivity index (χ2n) is 6.72. The van der Waals surface area contributed by atoms with Crippen LogP contribution in [0.1, 0.15) is 26.3 Å². The Balaban J connectivity index is 1.97. The standard InChI is InChI=1S/C17H23N5O2S/c1-11-8-6-7-9-12(11)14-20-21-16(22(14)5)25-10-13(23)18-15(24)19-17(2,3)4/h6-9H,10H2,1-5H3,(H2,18,19,23,24). The molecule has 8 heteroatoms. The highest BCUT2D eigenvalue weighted by Crippen LogP contribution is 2.24. The highest BCUT2D eigenvalue weighted by molar-refractivity contribution is 7.99. The molecule has 0 aliphatic heterocycles. The number of hydrogen-bond acceptors (Lipinski definition) is 5. The first-order chi connectivity index (χ1) is 11.7. The second-order valence-corrected chi connectivity index (χ2v) is 7.66. The number of hydrogen-bond donors (Lipinski definition) is 2. The molecule has 1 heterocycles. The van der Waals surface area contributed by atoms with Crippen LogP contribution in [0.15, 0.2) is 29.4 Å². The molecule has 2 aromatic rings. The van der Waals surface area contributed by atoms with Gasteiger partial charge in [-0.3, -0.25) is 10.1 Å². The zero-order chi connectivity index (χ0) is 18.6. The number of benzene rings is 1. The Bertz CT molecular complexity index is 780. The van der Waals surface area contributed by atoms with E-state index in [1.54, 1.807) is 0 Å². The van der Waals surface area contributed by atoms with Crippen molar-refractivity contribution in [2.75, 3.05) is 5.75 Å². The Kier molecular flexibility index (Phi) is 5.84. The first-order valence-electron chi connectivity index (χ1n) is 7.87. The molecule has 3 amide bonds. The summed E-state index contributed by atoms with van der Waals surface area (Å²) >= 11 is 1.23. The van der Waals surface area contributed by atoms with Gasteiger partial charge in [-0.05, 0) is 33.3 Å². The highest BCUT2D eigenvalue weighted by atomic mass is 32.2. The number of thioether (sulfide) groups is 1. The van der Waals surface area contributed by atoms with Gasteiger partial charge in [-0.2, -0.15) is 0 Å². The number of carbonyl (C=O) groups is 2. The smallest absolute Gasteiger partial charge is 0.321 e. The normalized spacial score (nSPS) is 11.2. The van der Waals surface area contributed by atoms with Gasteiger partial charge in [0.15, 0.2) is 11.0 Å². The quantitative estimate of drug-likeness (QED) is 0.817. The molecule has 25 heavy (non-hydrogen) atoms. The van der Waals surface area contributed by atoms with Gasteiger partial charge < -0.3 is 9.88 Å². The van der Waals surface area contributed by atoms with Crippen molar-refractivity contribution in [2.24, 2.45) is 7.05 Å². The van der Waals surface area contributed by atoms with Crippen LogP contribution >= 0.6 is 11.8 Å². The Morgan fingerprint density at radius 2 is 1.88 bits per heavy atom. The van der Waals surface area contributed by atoms with E-state index in [0.717, 1.165) is 17.0 Å². The lowest BCUT2D eigenvalue weighted by Crippen LogP contribution is -2.48. The van der Waals surface area contributed by atoms with E-state index >= 15 is 0 Å². The van der Waals surface area contributed by atoms with Crippen LogP contribution in [0.3, 0.4) is 0 Å². The third kappa shape index (κ3) is 5.32. The molecule has 0 fully saturated rings. The molecule has 7 nitrogen and oxygen atoms in total. The summed E-state index contributed by atoms with van der Waals surface area (Å²) in [7, 11) is 1.86. The maximum absolute atomic E-state index is 11.9. The minimum atomic E-state index is -0.503. The monoisotopic (exact) mass is 361 g/mol. The number of amides is 3. The summed E-state index contributed by atoms with van der Waals surface area (Å²) in [5, 5.41) is 14.0. The predicted octanol–water partition coefficient (Wildman–Crippen LogP) is 2.51. The average Bonchev–Trinajstić information content (AvgIpc) is 2.84. The van der Waals surface area contributed by atoms with E-state index in [9.17, 15) is 9.59 Å². The van der Waals surface area contributed by atoms with Crippen LogP contribution in [0.2, 0.25) is 0 Å². The molecule has 0 aliphatic rings. The van der Waals surface area contributed by atoms with Gasteiger partial charge >= 0.3 is 6.03 Å². The number of urea groups is 1. The molecule has 0 radical (unpaired) electrons. The molecule has 0 spiro atoms. The highest BCUT2D eigenvalue weighted by Gasteiger charge is 2.17. The largest absolute Gasteiger partial charge is 0.333 e. The van der Waals surface area contributed by atoms with E-state index in [4.69, 9.17) is 0 Å². The number of nitrogens with one attached hydrogen (secondary N) is 2. The number of imide groups is 1. The van der Waals surface area contributed by atoms with Gasteiger partial charge in [0.05, 0.1) is 5.75 Å². The van der Waals surface area contributed by atoms with Crippen molar-refractivity contribution in [3.05, 3.63) is 29.8 Å². The fourth-order valence-electron chi connectivity index (χ4n) is 2.16. The molecular formula is C17H23N5O2S. The molecule has 0 saturated carbocycles. The molecule has 1 aromatic heterocycles. The summed E-state index contributed by atoms with van der Waals surface area (Å²) in [6.45, 7) is 7.55. The van der Waals surface area contributed by atoms with E-state index in [1.165, 1.54) is 11.8 Å². The summed E-state index contributed by atoms with van der Waals surface area (Å²) in [6, 6.07) is 7.41. The van der Waals surface area contributed by atoms with Gasteiger partial charge in [-0.25, -0.2) is 4.79 Å². The van der Waals surface area contributed by atoms with E-state index < -0.39 is 11.6 Å². The molecule has 0 unspecified atom stereocenters. The van der Waals surface area contributed by atoms with Crippen LogP contribution in [-0.4, -0.2) is 38.0 Å². The van der Waals surface area contributed by atoms with Crippen LogP contribution in [0.25, 0.3) is 11.4 Å². The topological polar surface area (TPSA) is 88.9 Å². The van der Waals surface area contributed by atoms with E-state index in [0.29, 0.717) is 5.16 Å². The SMILES string of the molecule is Cc1ccccc1-c1nnc(SCC(=O)NC(=O)NC(C)(C)C)n1C. The minimum Gasteiger partial charge on any atom is -0.333 e. The van der Waals surface area contributed by atoms with Crippen molar-refractivity contribution in [3.63, 3.8) is 0 Å². The van der Waals surface area contributed by atoms with E-state index in [-0.39, 0.29) is 11.7 Å². The van der Waals surface area contributed by atoms with Gasteiger partial charge in [-0.15, -0.1) is 10.2 Å². The van der Waals surface area contributed by atoms with Crippen molar-refractivity contribution >= 4 is 23.7 Å². The Morgan fingerprint density at radius 3 is 2.52 bits per heavy atom. The number of carbonyl (C=O) groups excluding carboxylic acids is 2. The summed E-state index contributed by atoms with van der Waals surface area (Å²) in [6.07, 6.45) is 0. The van der Waals surface area contributed by atoms with Crippen molar-refractivity contribution in [3.8, 4) is 11.4 Å². The zero-order valence-electron chi connectivity index (χ0n) is 15.1. The maximum Gasteiger partial charge on any atom is 0.321 e. The first kappa shape index (κ1) is 19.0. The van der Waals surface area contributed by atoms with Crippen LogP contribution in [0.4, 0.5) is 4.79 Å². The van der Waals surface area contributed by atoms with Crippen LogP contribution in [0, 0.1) is 6.92 Å². The Labute approximate surface area is 151 Å². The van der Waals surface area contributed by atoms with Gasteiger partial charge in [0.1, 0.15) is 0 Å². The number of rotatable bonds is 4. The fourth-order valence-corrected chi connectivity index (χ4v) is 2.87. The van der Waals surface area contributed by atoms with Crippen molar-refractivity contribution in [1.29, 1.82) is 0 Å². The van der Waals surface area contributed by atoms with Crippen LogP contribution < -0.4 is 10.6 Å². The number of nitrogens with zero attached hydrogens (tertiary/aromatic N) is 3. The van der Waals surface area contributed by atoms with Crippen molar-refractivity contribution < 1.29 is 9.59 Å². The molecule has 0 aliphatic carbocycles. The fraction of sp³-hybridized carbons (Fsp3) is 0.412. The van der Waals surface area contributed by atoms with Gasteiger partial charge in [0.2, 0.25) is 5.91 Å². The maximum atomic E-state index is 11.9. The van der Waals surface area contributed by atoms with Gasteiger partial charge in [0.25, 0.3) is 0 Å². The molecule has 0 atom stereocenters. The molecule has 2 N–H and O–H groups in total. The number of aromatic nitrogens is 3. The molecule has 1 aromatic carbocycles. The van der Waals surface area contributed by atoms with Crippen LogP contribution in [0.5, 0.6) is 0 Å². The van der Waals surface area contributed by atoms with Crippen LogP contribution in [-0.2, 0) is 11.8 Å².